The van der Waals surface area contributed by atoms with Crippen molar-refractivity contribution in [2.75, 3.05) is 5.32 Å². The van der Waals surface area contributed by atoms with Gasteiger partial charge < -0.3 is 10.1 Å². The van der Waals surface area contributed by atoms with Gasteiger partial charge in [-0.15, -0.1) is 11.3 Å². The maximum Gasteiger partial charge on any atom is 0.133 e. The van der Waals surface area contributed by atoms with E-state index < -0.39 is 0 Å². The molecule has 1 fully saturated rings. The molecule has 6 rings (SSSR count). The van der Waals surface area contributed by atoms with Gasteiger partial charge in [-0.2, -0.15) is 0 Å². The van der Waals surface area contributed by atoms with Crippen LogP contribution in [0.5, 0.6) is 0 Å². The lowest BCUT2D eigenvalue weighted by Gasteiger charge is -2.34. The summed E-state index contributed by atoms with van der Waals surface area (Å²) in [6, 6.07) is 10.9. The van der Waals surface area contributed by atoms with E-state index in [0.717, 1.165) is 38.5 Å². The van der Waals surface area contributed by atoms with Crippen LogP contribution in [0.25, 0.3) is 31.7 Å². The first-order valence-corrected chi connectivity index (χ1v) is 12.5. The van der Waals surface area contributed by atoms with Crippen LogP contribution in [0.15, 0.2) is 36.7 Å². The molecule has 0 radical (unpaired) electrons. The van der Waals surface area contributed by atoms with Gasteiger partial charge in [0.25, 0.3) is 0 Å². The fraction of sp³-hybridized carbons (Fsp3) is 0.423. The molecule has 1 saturated carbocycles. The molecular weight excluding hydrogens is 416 g/mol. The number of hydrogen-bond acceptors (Lipinski definition) is 6. The summed E-state index contributed by atoms with van der Waals surface area (Å²) in [5.41, 5.74) is 5.47. The van der Waals surface area contributed by atoms with Crippen LogP contribution in [-0.2, 0) is 17.8 Å². The number of thiophene rings is 1. The lowest BCUT2D eigenvalue weighted by Crippen LogP contribution is -2.33. The summed E-state index contributed by atoms with van der Waals surface area (Å²) in [6.45, 7) is 4.94. The Morgan fingerprint density at radius 1 is 1.03 bits per heavy atom. The topological polar surface area (TPSA) is 59.9 Å². The van der Waals surface area contributed by atoms with E-state index >= 15 is 0 Å². The van der Waals surface area contributed by atoms with Gasteiger partial charge in [0.1, 0.15) is 17.0 Å². The third-order valence-electron chi connectivity index (χ3n) is 6.82. The van der Waals surface area contributed by atoms with Crippen molar-refractivity contribution in [3.05, 3.63) is 47.8 Å². The smallest absolute Gasteiger partial charge is 0.133 e. The molecule has 1 aliphatic heterocycles. The van der Waals surface area contributed by atoms with Crippen molar-refractivity contribution in [1.29, 1.82) is 0 Å². The van der Waals surface area contributed by atoms with E-state index in [1.54, 1.807) is 17.7 Å². The van der Waals surface area contributed by atoms with Gasteiger partial charge in [0.2, 0.25) is 0 Å². The molecule has 3 aromatic heterocycles. The lowest BCUT2D eigenvalue weighted by atomic mass is 9.89. The zero-order valence-electron chi connectivity index (χ0n) is 18.6. The highest BCUT2D eigenvalue weighted by molar-refractivity contribution is 7.25. The predicted octanol–water partition coefficient (Wildman–Crippen LogP) is 6.50. The lowest BCUT2D eigenvalue weighted by molar-refractivity contribution is -0.0394. The van der Waals surface area contributed by atoms with Crippen LogP contribution in [0.3, 0.4) is 0 Å². The summed E-state index contributed by atoms with van der Waals surface area (Å²) in [5.74, 6) is 1.01. The number of rotatable bonds is 3. The third-order valence-corrected chi connectivity index (χ3v) is 7.90. The standard InChI is InChI=1S/C26H28N4OS/c1-26(2)13-18-19(14-31-26)24(29-17-11-7-4-8-12-17)30-25-20(18)22-23(32-25)21(27-15-28-22)16-9-5-3-6-10-16/h3,5-6,9-10,15,17H,4,7-8,11-14H2,1-2H3,(H,29,30). The van der Waals surface area contributed by atoms with Gasteiger partial charge in [0.05, 0.1) is 28.1 Å². The zero-order chi connectivity index (χ0) is 21.7. The van der Waals surface area contributed by atoms with Gasteiger partial charge in [-0.1, -0.05) is 49.6 Å². The van der Waals surface area contributed by atoms with E-state index in [0.29, 0.717) is 12.6 Å². The molecule has 5 nitrogen and oxygen atoms in total. The summed E-state index contributed by atoms with van der Waals surface area (Å²) in [7, 11) is 0. The molecule has 164 valence electrons. The van der Waals surface area contributed by atoms with E-state index in [9.17, 15) is 0 Å². The molecule has 0 amide bonds. The fourth-order valence-corrected chi connectivity index (χ4v) is 6.34. The average Bonchev–Trinajstić information content (AvgIpc) is 3.18. The molecule has 0 bridgehead atoms. The Balaban J connectivity index is 1.57. The largest absolute Gasteiger partial charge is 0.370 e. The highest BCUT2D eigenvalue weighted by Crippen LogP contribution is 2.44. The first-order chi connectivity index (χ1) is 15.6. The van der Waals surface area contributed by atoms with Gasteiger partial charge >= 0.3 is 0 Å². The van der Waals surface area contributed by atoms with Crippen LogP contribution in [0, 0.1) is 0 Å². The maximum atomic E-state index is 6.24. The Labute approximate surface area is 192 Å². The fourth-order valence-electron chi connectivity index (χ4n) is 5.17. The Morgan fingerprint density at radius 2 is 1.84 bits per heavy atom. The molecule has 4 heterocycles. The van der Waals surface area contributed by atoms with Gasteiger partial charge in [-0.25, -0.2) is 15.0 Å². The van der Waals surface area contributed by atoms with Gasteiger partial charge in [-0.3, -0.25) is 0 Å². The van der Waals surface area contributed by atoms with E-state index in [1.165, 1.54) is 48.6 Å². The van der Waals surface area contributed by atoms with E-state index in [2.05, 4.69) is 48.4 Å². The molecule has 0 atom stereocenters. The Hall–Kier alpha value is -2.57. The van der Waals surface area contributed by atoms with Crippen LogP contribution in [0.4, 0.5) is 5.82 Å². The highest BCUT2D eigenvalue weighted by atomic mass is 32.1. The average molecular weight is 445 g/mol. The molecule has 1 aromatic carbocycles. The van der Waals surface area contributed by atoms with Crippen molar-refractivity contribution in [1.82, 2.24) is 15.0 Å². The second-order valence-electron chi connectivity index (χ2n) is 9.67. The number of anilines is 1. The molecule has 4 aromatic rings. The zero-order valence-corrected chi connectivity index (χ0v) is 19.5. The number of fused-ring (bicyclic) bond motifs is 5. The van der Waals surface area contributed by atoms with Gasteiger partial charge in [-0.05, 0) is 32.3 Å². The summed E-state index contributed by atoms with van der Waals surface area (Å²) in [4.78, 5) is 15.6. The number of benzene rings is 1. The maximum absolute atomic E-state index is 6.24. The normalized spacial score (nSPS) is 18.7. The van der Waals surface area contributed by atoms with E-state index in [1.807, 2.05) is 6.07 Å². The first kappa shape index (κ1) is 20.1. The molecule has 1 N–H and O–H groups in total. The monoisotopic (exact) mass is 444 g/mol. The number of ether oxygens (including phenoxy) is 1. The molecule has 32 heavy (non-hydrogen) atoms. The summed E-state index contributed by atoms with van der Waals surface area (Å²) >= 11 is 1.72. The number of hydrogen-bond donors (Lipinski definition) is 1. The Morgan fingerprint density at radius 3 is 2.66 bits per heavy atom. The van der Waals surface area contributed by atoms with Crippen molar-refractivity contribution >= 4 is 37.6 Å². The second kappa shape index (κ2) is 7.78. The minimum atomic E-state index is -0.201. The quantitative estimate of drug-likeness (QED) is 0.391. The van der Waals surface area contributed by atoms with Crippen molar-refractivity contribution in [3.8, 4) is 11.3 Å². The highest BCUT2D eigenvalue weighted by Gasteiger charge is 2.32. The number of pyridine rings is 1. The van der Waals surface area contributed by atoms with Crippen molar-refractivity contribution in [3.63, 3.8) is 0 Å². The Kier molecular flexibility index (Phi) is 4.88. The number of aromatic nitrogens is 3. The van der Waals surface area contributed by atoms with Crippen molar-refractivity contribution in [2.45, 2.75) is 70.6 Å². The summed E-state index contributed by atoms with van der Waals surface area (Å²) in [5, 5.41) is 4.98. The Bertz CT molecular complexity index is 1290. The third kappa shape index (κ3) is 3.46. The molecule has 0 saturated heterocycles. The van der Waals surface area contributed by atoms with Crippen LogP contribution in [0.1, 0.15) is 57.1 Å². The van der Waals surface area contributed by atoms with Gasteiger partial charge in [0, 0.05) is 29.0 Å². The number of nitrogens with one attached hydrogen (secondary N) is 1. The SMILES string of the molecule is CC1(C)Cc2c(c(NC3CCCCC3)nc3sc4c(-c5ccccc5)ncnc4c23)CO1. The van der Waals surface area contributed by atoms with E-state index in [4.69, 9.17) is 14.7 Å². The van der Waals surface area contributed by atoms with Crippen molar-refractivity contribution in [2.24, 2.45) is 0 Å². The summed E-state index contributed by atoms with van der Waals surface area (Å²) in [6.07, 6.45) is 8.93. The minimum Gasteiger partial charge on any atom is -0.370 e. The molecule has 2 aliphatic rings. The van der Waals surface area contributed by atoms with Crippen LogP contribution in [0.2, 0.25) is 0 Å². The molecule has 6 heteroatoms. The number of nitrogens with zero attached hydrogens (tertiary/aromatic N) is 3. The minimum absolute atomic E-state index is 0.201. The second-order valence-corrected chi connectivity index (χ2v) is 10.7. The van der Waals surface area contributed by atoms with Crippen molar-refractivity contribution < 1.29 is 4.74 Å². The summed E-state index contributed by atoms with van der Waals surface area (Å²) < 4.78 is 7.36. The molecule has 1 aliphatic carbocycles. The predicted molar refractivity (Wildman–Crippen MR) is 131 cm³/mol. The molecule has 0 unspecified atom stereocenters. The van der Waals surface area contributed by atoms with Crippen LogP contribution >= 0.6 is 11.3 Å². The van der Waals surface area contributed by atoms with Crippen LogP contribution in [-0.4, -0.2) is 26.6 Å². The van der Waals surface area contributed by atoms with Gasteiger partial charge in [0.15, 0.2) is 0 Å². The first-order valence-electron chi connectivity index (χ1n) is 11.6. The van der Waals surface area contributed by atoms with Crippen LogP contribution < -0.4 is 5.32 Å². The molecule has 0 spiro atoms. The van der Waals surface area contributed by atoms with E-state index in [-0.39, 0.29) is 5.60 Å². The molecular formula is C26H28N4OS.